The van der Waals surface area contributed by atoms with Crippen LogP contribution < -0.4 is 5.32 Å². The number of aryl methyl sites for hydroxylation is 2. The fourth-order valence-electron chi connectivity index (χ4n) is 3.03. The molecule has 0 aromatic heterocycles. The van der Waals surface area contributed by atoms with Crippen LogP contribution in [0.2, 0.25) is 0 Å². The molecular formula is C21H21NO4. The Balaban J connectivity index is 1.54. The zero-order valence-corrected chi connectivity index (χ0v) is 14.7. The van der Waals surface area contributed by atoms with Crippen molar-refractivity contribution in [1.82, 2.24) is 5.32 Å². The highest BCUT2D eigenvalue weighted by Crippen LogP contribution is 2.23. The van der Waals surface area contributed by atoms with Gasteiger partial charge in [0.15, 0.2) is 12.4 Å². The van der Waals surface area contributed by atoms with Gasteiger partial charge in [0.25, 0.3) is 0 Å². The highest BCUT2D eigenvalue weighted by molar-refractivity contribution is 5.99. The van der Waals surface area contributed by atoms with Gasteiger partial charge in [0.1, 0.15) is 0 Å². The smallest absolute Gasteiger partial charge is 0.338 e. The molecule has 0 fully saturated rings. The highest BCUT2D eigenvalue weighted by Gasteiger charge is 2.16. The summed E-state index contributed by atoms with van der Waals surface area (Å²) in [5, 5.41) is 2.69. The van der Waals surface area contributed by atoms with Gasteiger partial charge in [-0.1, -0.05) is 24.3 Å². The summed E-state index contributed by atoms with van der Waals surface area (Å²) in [7, 11) is 0. The maximum atomic E-state index is 12.3. The first-order valence-corrected chi connectivity index (χ1v) is 8.68. The predicted molar refractivity (Wildman–Crippen MR) is 97.0 cm³/mol. The van der Waals surface area contributed by atoms with E-state index in [1.807, 2.05) is 12.1 Å². The van der Waals surface area contributed by atoms with E-state index in [1.165, 1.54) is 18.1 Å². The molecule has 0 heterocycles. The number of carbonyl (C=O) groups is 3. The van der Waals surface area contributed by atoms with E-state index in [1.54, 1.807) is 30.3 Å². The topological polar surface area (TPSA) is 72.5 Å². The van der Waals surface area contributed by atoms with E-state index in [-0.39, 0.29) is 18.3 Å². The lowest BCUT2D eigenvalue weighted by Crippen LogP contribution is -2.19. The minimum absolute atomic E-state index is 0.112. The molecule has 0 atom stereocenters. The number of Topliss-reactive ketones (excluding diaryl/α,β-unsaturated/α-hetero) is 1. The summed E-state index contributed by atoms with van der Waals surface area (Å²) in [6.45, 7) is 1.58. The summed E-state index contributed by atoms with van der Waals surface area (Å²) in [6, 6.07) is 12.4. The first-order chi connectivity index (χ1) is 12.5. The van der Waals surface area contributed by atoms with Gasteiger partial charge in [0, 0.05) is 19.0 Å². The minimum atomic E-state index is -0.536. The summed E-state index contributed by atoms with van der Waals surface area (Å²) >= 11 is 0. The molecule has 2 aromatic rings. The third kappa shape index (κ3) is 4.36. The van der Waals surface area contributed by atoms with Crippen LogP contribution >= 0.6 is 0 Å². The van der Waals surface area contributed by atoms with E-state index >= 15 is 0 Å². The van der Waals surface area contributed by atoms with Gasteiger partial charge in [0.05, 0.1) is 5.56 Å². The second kappa shape index (κ2) is 7.95. The zero-order chi connectivity index (χ0) is 18.5. The number of ketones is 1. The standard InChI is InChI=1S/C21H21NO4/c1-14(23)22-12-15-5-7-17(8-6-15)21(25)26-13-20(24)19-10-9-16-3-2-4-18(16)11-19/h5-11H,2-4,12-13H2,1H3,(H,22,23). The molecule has 134 valence electrons. The van der Waals surface area contributed by atoms with Crippen LogP contribution in [-0.2, 0) is 28.9 Å². The SMILES string of the molecule is CC(=O)NCc1ccc(C(=O)OCC(=O)c2ccc3c(c2)CCC3)cc1. The Hall–Kier alpha value is -2.95. The molecule has 1 amide bonds. The molecule has 0 saturated heterocycles. The summed E-state index contributed by atoms with van der Waals surface area (Å²) in [5.41, 5.74) is 4.36. The third-order valence-corrected chi connectivity index (χ3v) is 4.49. The Morgan fingerprint density at radius 3 is 2.38 bits per heavy atom. The average molecular weight is 351 g/mol. The largest absolute Gasteiger partial charge is 0.454 e. The molecule has 2 aromatic carbocycles. The van der Waals surface area contributed by atoms with Crippen molar-refractivity contribution in [1.29, 1.82) is 0 Å². The zero-order valence-electron chi connectivity index (χ0n) is 14.7. The fourth-order valence-corrected chi connectivity index (χ4v) is 3.03. The molecule has 3 rings (SSSR count). The van der Waals surface area contributed by atoms with Crippen LogP contribution in [-0.4, -0.2) is 24.3 Å². The van der Waals surface area contributed by atoms with E-state index in [0.29, 0.717) is 17.7 Å². The van der Waals surface area contributed by atoms with Crippen LogP contribution in [0.4, 0.5) is 0 Å². The first-order valence-electron chi connectivity index (χ1n) is 8.68. The lowest BCUT2D eigenvalue weighted by Gasteiger charge is -2.07. The second-order valence-corrected chi connectivity index (χ2v) is 6.44. The molecule has 26 heavy (non-hydrogen) atoms. The molecule has 1 N–H and O–H groups in total. The van der Waals surface area contributed by atoms with Gasteiger partial charge >= 0.3 is 5.97 Å². The van der Waals surface area contributed by atoms with Crippen molar-refractivity contribution in [2.24, 2.45) is 0 Å². The first kappa shape index (κ1) is 17.9. The normalized spacial score (nSPS) is 12.3. The number of ether oxygens (including phenoxy) is 1. The third-order valence-electron chi connectivity index (χ3n) is 4.49. The van der Waals surface area contributed by atoms with E-state index < -0.39 is 5.97 Å². The van der Waals surface area contributed by atoms with Crippen molar-refractivity contribution in [3.05, 3.63) is 70.3 Å². The van der Waals surface area contributed by atoms with Crippen molar-refractivity contribution in [3.63, 3.8) is 0 Å². The van der Waals surface area contributed by atoms with Gasteiger partial charge in [0.2, 0.25) is 5.91 Å². The predicted octanol–water partition coefficient (Wildman–Crippen LogP) is 2.85. The number of hydrogen-bond donors (Lipinski definition) is 1. The number of esters is 1. The minimum Gasteiger partial charge on any atom is -0.454 e. The van der Waals surface area contributed by atoms with Crippen molar-refractivity contribution < 1.29 is 19.1 Å². The van der Waals surface area contributed by atoms with Gasteiger partial charge in [-0.3, -0.25) is 9.59 Å². The van der Waals surface area contributed by atoms with Crippen LogP contribution in [0.3, 0.4) is 0 Å². The Labute approximate surface area is 152 Å². The fraction of sp³-hybridized carbons (Fsp3) is 0.286. The summed E-state index contributed by atoms with van der Waals surface area (Å²) in [5.74, 6) is -0.848. The van der Waals surface area contributed by atoms with Crippen molar-refractivity contribution in [2.45, 2.75) is 32.7 Å². The van der Waals surface area contributed by atoms with Gasteiger partial charge in [-0.05, 0) is 54.2 Å². The monoisotopic (exact) mass is 351 g/mol. The number of fused-ring (bicyclic) bond motifs is 1. The molecule has 0 unspecified atom stereocenters. The number of rotatable bonds is 6. The molecule has 0 bridgehead atoms. The Kier molecular flexibility index (Phi) is 5.46. The molecule has 0 spiro atoms. The van der Waals surface area contributed by atoms with Gasteiger partial charge in [-0.15, -0.1) is 0 Å². The van der Waals surface area contributed by atoms with E-state index in [4.69, 9.17) is 4.74 Å². The van der Waals surface area contributed by atoms with Crippen LogP contribution in [0.1, 0.15) is 50.8 Å². The molecule has 1 aliphatic rings. The molecule has 1 aliphatic carbocycles. The van der Waals surface area contributed by atoms with Crippen LogP contribution in [0.15, 0.2) is 42.5 Å². The Morgan fingerprint density at radius 2 is 1.65 bits per heavy atom. The molecule has 0 aliphatic heterocycles. The number of benzene rings is 2. The van der Waals surface area contributed by atoms with E-state index in [9.17, 15) is 14.4 Å². The quantitative estimate of drug-likeness (QED) is 0.642. The molecule has 5 nitrogen and oxygen atoms in total. The van der Waals surface area contributed by atoms with Gasteiger partial charge in [-0.25, -0.2) is 4.79 Å². The molecule has 5 heteroatoms. The lowest BCUT2D eigenvalue weighted by atomic mass is 10.0. The van der Waals surface area contributed by atoms with Crippen LogP contribution in [0.5, 0.6) is 0 Å². The van der Waals surface area contributed by atoms with E-state index in [0.717, 1.165) is 24.8 Å². The van der Waals surface area contributed by atoms with E-state index in [2.05, 4.69) is 5.32 Å². The summed E-state index contributed by atoms with van der Waals surface area (Å²) in [4.78, 5) is 35.3. The Bertz CT molecular complexity index is 840. The number of hydrogen-bond acceptors (Lipinski definition) is 4. The summed E-state index contributed by atoms with van der Waals surface area (Å²) < 4.78 is 5.14. The van der Waals surface area contributed by atoms with Gasteiger partial charge < -0.3 is 10.1 Å². The Morgan fingerprint density at radius 1 is 0.962 bits per heavy atom. The van der Waals surface area contributed by atoms with Crippen molar-refractivity contribution in [3.8, 4) is 0 Å². The summed E-state index contributed by atoms with van der Waals surface area (Å²) in [6.07, 6.45) is 3.19. The average Bonchev–Trinajstić information content (AvgIpc) is 3.12. The highest BCUT2D eigenvalue weighted by atomic mass is 16.5. The maximum absolute atomic E-state index is 12.3. The van der Waals surface area contributed by atoms with Crippen LogP contribution in [0.25, 0.3) is 0 Å². The molecule has 0 saturated carbocycles. The number of carbonyl (C=O) groups excluding carboxylic acids is 3. The van der Waals surface area contributed by atoms with Gasteiger partial charge in [-0.2, -0.15) is 0 Å². The van der Waals surface area contributed by atoms with Crippen molar-refractivity contribution >= 4 is 17.7 Å². The molecular weight excluding hydrogens is 330 g/mol. The lowest BCUT2D eigenvalue weighted by molar-refractivity contribution is -0.119. The molecule has 0 radical (unpaired) electrons. The number of nitrogens with one attached hydrogen (secondary N) is 1. The number of amides is 1. The van der Waals surface area contributed by atoms with Crippen LogP contribution in [0, 0.1) is 0 Å². The maximum Gasteiger partial charge on any atom is 0.338 e. The van der Waals surface area contributed by atoms with Crippen molar-refractivity contribution in [2.75, 3.05) is 6.61 Å². The second-order valence-electron chi connectivity index (χ2n) is 6.44.